The number of ether oxygens (including phenoxy) is 2. The van der Waals surface area contributed by atoms with Crippen LogP contribution in [-0.4, -0.2) is 23.2 Å². The summed E-state index contributed by atoms with van der Waals surface area (Å²) in [6, 6.07) is 5.78. The monoisotopic (exact) mass is 276 g/mol. The van der Waals surface area contributed by atoms with Crippen LogP contribution in [0.2, 0.25) is 0 Å². The molecule has 0 aliphatic rings. The van der Waals surface area contributed by atoms with Gasteiger partial charge in [0.2, 0.25) is 0 Å². The molecule has 0 radical (unpaired) electrons. The van der Waals surface area contributed by atoms with Gasteiger partial charge in [0, 0.05) is 5.56 Å². The molecule has 0 saturated carbocycles. The molecule has 0 atom stereocenters. The second kappa shape index (κ2) is 6.33. The van der Waals surface area contributed by atoms with Gasteiger partial charge in [0.15, 0.2) is 11.5 Å². The Morgan fingerprint density at radius 2 is 1.84 bits per heavy atom. The molecular weight excluding hydrogens is 260 g/mol. The lowest BCUT2D eigenvalue weighted by molar-refractivity contribution is 0.288. The molecule has 0 unspecified atom stereocenters. The predicted molar refractivity (Wildman–Crippen MR) is 77.2 cm³/mol. The summed E-state index contributed by atoms with van der Waals surface area (Å²) < 4.78 is 11.7. The first-order valence-corrected chi connectivity index (χ1v) is 6.59. The zero-order valence-electron chi connectivity index (χ0n) is 11.0. The summed E-state index contributed by atoms with van der Waals surface area (Å²) in [5, 5.41) is 0. The van der Waals surface area contributed by atoms with Crippen LogP contribution in [0.3, 0.4) is 0 Å². The quantitative estimate of drug-likeness (QED) is 0.848. The van der Waals surface area contributed by atoms with Gasteiger partial charge < -0.3 is 14.5 Å². The van der Waals surface area contributed by atoms with E-state index in [1.54, 1.807) is 12.4 Å². The third-order valence-corrected chi connectivity index (χ3v) is 2.72. The van der Waals surface area contributed by atoms with Gasteiger partial charge in [-0.05, 0) is 32.0 Å². The van der Waals surface area contributed by atoms with E-state index >= 15 is 0 Å². The minimum absolute atomic E-state index is 0.590. The Bertz CT molecular complexity index is 610. The van der Waals surface area contributed by atoms with Crippen LogP contribution in [0.1, 0.15) is 13.8 Å². The Hall–Kier alpha value is -1.88. The van der Waals surface area contributed by atoms with Gasteiger partial charge >= 0.3 is 0 Å². The summed E-state index contributed by atoms with van der Waals surface area (Å²) in [4.78, 5) is 7.19. The SMILES string of the molecule is CCOc1ccc(-c2cncc(=S)[nH]2)cc1OCC. The van der Waals surface area contributed by atoms with Gasteiger partial charge in [-0.25, -0.2) is 0 Å². The second-order valence-corrected chi connectivity index (χ2v) is 4.28. The van der Waals surface area contributed by atoms with Crippen LogP contribution in [0, 0.1) is 4.64 Å². The normalized spacial score (nSPS) is 10.2. The molecule has 1 aromatic heterocycles. The molecule has 0 fully saturated rings. The van der Waals surface area contributed by atoms with Gasteiger partial charge in [0.05, 0.1) is 31.3 Å². The van der Waals surface area contributed by atoms with Crippen molar-refractivity contribution in [3.63, 3.8) is 0 Å². The largest absolute Gasteiger partial charge is 0.490 e. The van der Waals surface area contributed by atoms with E-state index in [1.807, 2.05) is 32.0 Å². The number of aromatic nitrogens is 2. The van der Waals surface area contributed by atoms with E-state index in [0.717, 1.165) is 22.8 Å². The van der Waals surface area contributed by atoms with Gasteiger partial charge in [-0.1, -0.05) is 12.2 Å². The van der Waals surface area contributed by atoms with Crippen LogP contribution < -0.4 is 9.47 Å². The fraction of sp³-hybridized carbons (Fsp3) is 0.286. The molecule has 0 amide bonds. The first kappa shape index (κ1) is 13.5. The standard InChI is InChI=1S/C14H16N2O2S/c1-3-17-12-6-5-10(7-13(12)18-4-2)11-8-15-9-14(19)16-11/h5-9H,3-4H2,1-2H3,(H,16,19). The molecule has 19 heavy (non-hydrogen) atoms. The van der Waals surface area contributed by atoms with Crippen molar-refractivity contribution in [2.75, 3.05) is 13.2 Å². The minimum Gasteiger partial charge on any atom is -0.490 e. The molecular formula is C14H16N2O2S. The van der Waals surface area contributed by atoms with E-state index < -0.39 is 0 Å². The molecule has 1 aromatic carbocycles. The Kier molecular flexibility index (Phi) is 4.52. The van der Waals surface area contributed by atoms with Crippen LogP contribution in [-0.2, 0) is 0 Å². The van der Waals surface area contributed by atoms with Crippen LogP contribution in [0.4, 0.5) is 0 Å². The van der Waals surface area contributed by atoms with Crippen molar-refractivity contribution >= 4 is 12.2 Å². The van der Waals surface area contributed by atoms with E-state index in [0.29, 0.717) is 17.9 Å². The summed E-state index contributed by atoms with van der Waals surface area (Å²) in [7, 11) is 0. The fourth-order valence-electron chi connectivity index (χ4n) is 1.74. The molecule has 4 nitrogen and oxygen atoms in total. The zero-order chi connectivity index (χ0) is 13.7. The number of aromatic amines is 1. The molecule has 0 bridgehead atoms. The lowest BCUT2D eigenvalue weighted by Crippen LogP contribution is -1.98. The van der Waals surface area contributed by atoms with Crippen LogP contribution in [0.15, 0.2) is 30.6 Å². The Morgan fingerprint density at radius 1 is 1.11 bits per heavy atom. The molecule has 1 N–H and O–H groups in total. The van der Waals surface area contributed by atoms with Crippen molar-refractivity contribution in [3.05, 3.63) is 35.2 Å². The van der Waals surface area contributed by atoms with Gasteiger partial charge in [-0.15, -0.1) is 0 Å². The van der Waals surface area contributed by atoms with Gasteiger partial charge in [0.1, 0.15) is 4.64 Å². The Labute approximate surface area is 117 Å². The third kappa shape index (κ3) is 3.32. The Balaban J connectivity index is 2.42. The summed E-state index contributed by atoms with van der Waals surface area (Å²) in [6.07, 6.45) is 3.35. The maximum atomic E-state index is 5.60. The predicted octanol–water partition coefficient (Wildman–Crippen LogP) is 3.60. The van der Waals surface area contributed by atoms with Crippen molar-refractivity contribution in [2.24, 2.45) is 0 Å². The highest BCUT2D eigenvalue weighted by Gasteiger charge is 2.07. The highest BCUT2D eigenvalue weighted by Crippen LogP contribution is 2.31. The van der Waals surface area contributed by atoms with Crippen molar-refractivity contribution in [1.82, 2.24) is 9.97 Å². The van der Waals surface area contributed by atoms with Crippen molar-refractivity contribution in [2.45, 2.75) is 13.8 Å². The van der Waals surface area contributed by atoms with E-state index in [1.165, 1.54) is 0 Å². The number of rotatable bonds is 5. The fourth-order valence-corrected chi connectivity index (χ4v) is 1.91. The average molecular weight is 276 g/mol. The molecule has 0 spiro atoms. The number of benzene rings is 1. The van der Waals surface area contributed by atoms with E-state index in [9.17, 15) is 0 Å². The maximum Gasteiger partial charge on any atom is 0.161 e. The third-order valence-electron chi connectivity index (χ3n) is 2.51. The summed E-state index contributed by atoms with van der Waals surface area (Å²) >= 11 is 5.08. The Morgan fingerprint density at radius 3 is 2.53 bits per heavy atom. The molecule has 2 rings (SSSR count). The van der Waals surface area contributed by atoms with Gasteiger partial charge in [-0.2, -0.15) is 0 Å². The molecule has 0 aliphatic heterocycles. The smallest absolute Gasteiger partial charge is 0.161 e. The van der Waals surface area contributed by atoms with Crippen LogP contribution >= 0.6 is 12.2 Å². The lowest BCUT2D eigenvalue weighted by Gasteiger charge is -2.12. The molecule has 100 valence electrons. The first-order chi connectivity index (χ1) is 9.24. The number of hydrogen-bond acceptors (Lipinski definition) is 4. The van der Waals surface area contributed by atoms with E-state index in [-0.39, 0.29) is 0 Å². The summed E-state index contributed by atoms with van der Waals surface area (Å²) in [5.74, 6) is 1.47. The van der Waals surface area contributed by atoms with Crippen molar-refractivity contribution in [3.8, 4) is 22.8 Å². The number of hydrogen-bond donors (Lipinski definition) is 1. The number of H-pyrrole nitrogens is 1. The molecule has 0 aliphatic carbocycles. The molecule has 2 aromatic rings. The summed E-state index contributed by atoms with van der Waals surface area (Å²) in [6.45, 7) is 5.09. The maximum absolute atomic E-state index is 5.60. The minimum atomic E-state index is 0.590. The van der Waals surface area contributed by atoms with Gasteiger partial charge in [0.25, 0.3) is 0 Å². The number of nitrogens with zero attached hydrogens (tertiary/aromatic N) is 1. The van der Waals surface area contributed by atoms with Crippen molar-refractivity contribution < 1.29 is 9.47 Å². The van der Waals surface area contributed by atoms with Crippen molar-refractivity contribution in [1.29, 1.82) is 0 Å². The van der Waals surface area contributed by atoms with Crippen LogP contribution in [0.25, 0.3) is 11.3 Å². The highest BCUT2D eigenvalue weighted by molar-refractivity contribution is 7.71. The highest BCUT2D eigenvalue weighted by atomic mass is 32.1. The molecule has 5 heteroatoms. The topological polar surface area (TPSA) is 47.1 Å². The summed E-state index contributed by atoms with van der Waals surface area (Å²) in [5.41, 5.74) is 1.82. The van der Waals surface area contributed by atoms with Crippen LogP contribution in [0.5, 0.6) is 11.5 Å². The van der Waals surface area contributed by atoms with Gasteiger partial charge in [-0.3, -0.25) is 4.98 Å². The molecule has 0 saturated heterocycles. The zero-order valence-corrected chi connectivity index (χ0v) is 11.8. The number of nitrogens with one attached hydrogen (secondary N) is 1. The van der Waals surface area contributed by atoms with E-state index in [4.69, 9.17) is 21.7 Å². The average Bonchev–Trinajstić information content (AvgIpc) is 2.41. The first-order valence-electron chi connectivity index (χ1n) is 6.19. The lowest BCUT2D eigenvalue weighted by atomic mass is 10.1. The second-order valence-electron chi connectivity index (χ2n) is 3.84. The van der Waals surface area contributed by atoms with E-state index in [2.05, 4.69) is 9.97 Å². The molecule has 1 heterocycles.